The summed E-state index contributed by atoms with van der Waals surface area (Å²) in [6.07, 6.45) is 0. The largest absolute Gasteiger partial charge is 0.368 e. The molecule has 0 spiro atoms. The average Bonchev–Trinajstić information content (AvgIpc) is 2.81. The van der Waals surface area contributed by atoms with Crippen molar-refractivity contribution in [2.75, 3.05) is 18.5 Å². The number of thiazole rings is 1. The zero-order chi connectivity index (χ0) is 14.5. The lowest BCUT2D eigenvalue weighted by atomic mass is 10.1. The normalized spacial score (nSPS) is 10.8. The van der Waals surface area contributed by atoms with Crippen LogP contribution in [0.25, 0.3) is 0 Å². The fourth-order valence-corrected chi connectivity index (χ4v) is 2.94. The summed E-state index contributed by atoms with van der Waals surface area (Å²) < 4.78 is 0. The molecular formula is C16H23N3S. The van der Waals surface area contributed by atoms with Gasteiger partial charge in [-0.3, -0.25) is 0 Å². The Labute approximate surface area is 125 Å². The topological polar surface area (TPSA) is 28.2 Å². The molecule has 108 valence electrons. The molecule has 1 aromatic carbocycles. The number of benzene rings is 1. The molecule has 1 aromatic heterocycles. The molecule has 0 aliphatic carbocycles. The van der Waals surface area contributed by atoms with Gasteiger partial charge >= 0.3 is 0 Å². The number of nitrogens with one attached hydrogen (secondary N) is 1. The second-order valence-electron chi connectivity index (χ2n) is 5.12. The van der Waals surface area contributed by atoms with Gasteiger partial charge in [0.05, 0.1) is 17.2 Å². The maximum absolute atomic E-state index is 4.53. The van der Waals surface area contributed by atoms with Gasteiger partial charge in [-0.25, -0.2) is 4.98 Å². The predicted molar refractivity (Wildman–Crippen MR) is 87.5 cm³/mol. The number of aromatic nitrogens is 1. The molecule has 20 heavy (non-hydrogen) atoms. The van der Waals surface area contributed by atoms with Crippen LogP contribution in [0.2, 0.25) is 0 Å². The molecule has 0 saturated carbocycles. The summed E-state index contributed by atoms with van der Waals surface area (Å²) in [5, 5.41) is 6.63. The number of anilines is 1. The van der Waals surface area contributed by atoms with Crippen LogP contribution in [0.1, 0.15) is 28.8 Å². The highest BCUT2D eigenvalue weighted by molar-refractivity contribution is 7.09. The molecule has 0 saturated heterocycles. The highest BCUT2D eigenvalue weighted by Crippen LogP contribution is 2.22. The third-order valence-corrected chi connectivity index (χ3v) is 4.14. The fraction of sp³-hybridized carbons (Fsp3) is 0.438. The van der Waals surface area contributed by atoms with Gasteiger partial charge in [-0.15, -0.1) is 11.3 Å². The number of aryl methyl sites for hydroxylation is 2. The van der Waals surface area contributed by atoms with Crippen LogP contribution in [0.5, 0.6) is 0 Å². The van der Waals surface area contributed by atoms with Crippen molar-refractivity contribution in [1.29, 1.82) is 0 Å². The van der Waals surface area contributed by atoms with Gasteiger partial charge in [-0.2, -0.15) is 0 Å². The molecular weight excluding hydrogens is 266 g/mol. The summed E-state index contributed by atoms with van der Waals surface area (Å²) in [6.45, 7) is 9.15. The van der Waals surface area contributed by atoms with Gasteiger partial charge in [0.2, 0.25) is 0 Å². The van der Waals surface area contributed by atoms with E-state index in [0.717, 1.165) is 30.3 Å². The van der Waals surface area contributed by atoms with Gasteiger partial charge in [-0.1, -0.05) is 19.1 Å². The lowest BCUT2D eigenvalue weighted by Crippen LogP contribution is -2.18. The van der Waals surface area contributed by atoms with E-state index in [4.69, 9.17) is 0 Å². The number of nitrogens with zero attached hydrogens (tertiary/aromatic N) is 2. The monoisotopic (exact) mass is 289 g/mol. The number of rotatable bonds is 6. The van der Waals surface area contributed by atoms with E-state index in [9.17, 15) is 0 Å². The predicted octanol–water partition coefficient (Wildman–Crippen LogP) is 3.51. The van der Waals surface area contributed by atoms with Crippen molar-refractivity contribution in [2.45, 2.75) is 33.9 Å². The van der Waals surface area contributed by atoms with Crippen molar-refractivity contribution in [1.82, 2.24) is 10.3 Å². The summed E-state index contributed by atoms with van der Waals surface area (Å²) in [6, 6.07) is 6.68. The third kappa shape index (κ3) is 3.81. The van der Waals surface area contributed by atoms with Crippen LogP contribution < -0.4 is 10.2 Å². The summed E-state index contributed by atoms with van der Waals surface area (Å²) in [7, 11) is 2.13. The lowest BCUT2D eigenvalue weighted by Gasteiger charge is -2.21. The summed E-state index contributed by atoms with van der Waals surface area (Å²) in [4.78, 5) is 6.80. The Morgan fingerprint density at radius 1 is 1.30 bits per heavy atom. The van der Waals surface area contributed by atoms with Crippen LogP contribution in [-0.4, -0.2) is 18.6 Å². The van der Waals surface area contributed by atoms with Crippen molar-refractivity contribution in [3.63, 3.8) is 0 Å². The van der Waals surface area contributed by atoms with Gasteiger partial charge in [0.15, 0.2) is 0 Å². The Bertz CT molecular complexity index is 563. The van der Waals surface area contributed by atoms with E-state index in [2.05, 4.69) is 66.6 Å². The molecule has 1 N–H and O–H groups in total. The second kappa shape index (κ2) is 6.86. The Balaban J connectivity index is 2.07. The zero-order valence-electron chi connectivity index (χ0n) is 12.7. The first-order valence-corrected chi connectivity index (χ1v) is 7.90. The molecule has 0 unspecified atom stereocenters. The molecule has 0 amide bonds. The minimum Gasteiger partial charge on any atom is -0.368 e. The molecule has 3 nitrogen and oxygen atoms in total. The maximum Gasteiger partial charge on any atom is 0.0898 e. The summed E-state index contributed by atoms with van der Waals surface area (Å²) in [5.41, 5.74) is 5.07. The zero-order valence-corrected chi connectivity index (χ0v) is 13.5. The molecule has 0 bridgehead atoms. The van der Waals surface area contributed by atoms with Crippen LogP contribution in [0.15, 0.2) is 23.6 Å². The maximum atomic E-state index is 4.53. The van der Waals surface area contributed by atoms with Crippen LogP contribution in [0.3, 0.4) is 0 Å². The lowest BCUT2D eigenvalue weighted by molar-refractivity contribution is 0.726. The minimum absolute atomic E-state index is 0.859. The van der Waals surface area contributed by atoms with Gasteiger partial charge < -0.3 is 10.2 Å². The number of hydrogen-bond donors (Lipinski definition) is 1. The fourth-order valence-electron chi connectivity index (χ4n) is 2.33. The molecule has 4 heteroatoms. The molecule has 0 radical (unpaired) electrons. The summed E-state index contributed by atoms with van der Waals surface area (Å²) >= 11 is 1.71. The Kier molecular flexibility index (Phi) is 5.15. The Morgan fingerprint density at radius 2 is 2.10 bits per heavy atom. The average molecular weight is 289 g/mol. The van der Waals surface area contributed by atoms with Gasteiger partial charge in [0.25, 0.3) is 0 Å². The first-order chi connectivity index (χ1) is 9.60. The van der Waals surface area contributed by atoms with Crippen LogP contribution in [0, 0.1) is 13.8 Å². The first kappa shape index (κ1) is 15.0. The van der Waals surface area contributed by atoms with E-state index in [0.29, 0.717) is 0 Å². The van der Waals surface area contributed by atoms with E-state index in [1.807, 2.05) is 0 Å². The van der Waals surface area contributed by atoms with Crippen molar-refractivity contribution >= 4 is 17.0 Å². The molecule has 2 rings (SSSR count). The minimum atomic E-state index is 0.859. The van der Waals surface area contributed by atoms with Gasteiger partial charge in [0, 0.05) is 24.7 Å². The quantitative estimate of drug-likeness (QED) is 0.882. The van der Waals surface area contributed by atoms with Crippen LogP contribution in [-0.2, 0) is 13.1 Å². The standard InChI is InChI=1S/C16H23N3S/c1-5-17-9-14-6-7-16(12(2)8-14)19(4)10-15-11-20-13(3)18-15/h6-8,11,17H,5,9-10H2,1-4H3. The third-order valence-electron chi connectivity index (χ3n) is 3.32. The SMILES string of the molecule is CCNCc1ccc(N(C)Cc2csc(C)n2)c(C)c1. The van der Waals surface area contributed by atoms with Crippen LogP contribution >= 0.6 is 11.3 Å². The molecule has 2 aromatic rings. The van der Waals surface area contributed by atoms with Crippen molar-refractivity contribution in [3.05, 3.63) is 45.4 Å². The van der Waals surface area contributed by atoms with Gasteiger partial charge in [-0.05, 0) is 37.6 Å². The van der Waals surface area contributed by atoms with Crippen molar-refractivity contribution in [2.24, 2.45) is 0 Å². The molecule has 0 fully saturated rings. The number of hydrogen-bond acceptors (Lipinski definition) is 4. The van der Waals surface area contributed by atoms with Crippen molar-refractivity contribution in [3.8, 4) is 0 Å². The van der Waals surface area contributed by atoms with Gasteiger partial charge in [0.1, 0.15) is 0 Å². The Morgan fingerprint density at radius 3 is 2.70 bits per heavy atom. The molecule has 0 aliphatic rings. The molecule has 0 atom stereocenters. The van der Waals surface area contributed by atoms with E-state index < -0.39 is 0 Å². The highest BCUT2D eigenvalue weighted by atomic mass is 32.1. The van der Waals surface area contributed by atoms with E-state index in [1.54, 1.807) is 11.3 Å². The van der Waals surface area contributed by atoms with Crippen molar-refractivity contribution < 1.29 is 0 Å². The first-order valence-electron chi connectivity index (χ1n) is 7.02. The Hall–Kier alpha value is -1.39. The molecule has 0 aliphatic heterocycles. The second-order valence-corrected chi connectivity index (χ2v) is 6.18. The van der Waals surface area contributed by atoms with E-state index in [-0.39, 0.29) is 0 Å². The highest BCUT2D eigenvalue weighted by Gasteiger charge is 2.08. The summed E-state index contributed by atoms with van der Waals surface area (Å²) in [5.74, 6) is 0. The molecule has 1 heterocycles. The van der Waals surface area contributed by atoms with E-state index in [1.165, 1.54) is 16.8 Å². The smallest absolute Gasteiger partial charge is 0.0898 e. The van der Waals surface area contributed by atoms with Crippen LogP contribution in [0.4, 0.5) is 5.69 Å². The van der Waals surface area contributed by atoms with E-state index >= 15 is 0 Å².